The zero-order chi connectivity index (χ0) is 14.0. The van der Waals surface area contributed by atoms with Crippen LogP contribution in [0.5, 0.6) is 0 Å². The number of amides is 1. The number of hydrogen-bond acceptors (Lipinski definition) is 4. The third-order valence-corrected chi connectivity index (χ3v) is 4.64. The number of nitrogens with one attached hydrogen (secondary N) is 1. The summed E-state index contributed by atoms with van der Waals surface area (Å²) in [7, 11) is 1.66. The largest absolute Gasteiger partial charge is 0.477 e. The minimum absolute atomic E-state index is 0.0763. The molecule has 1 saturated heterocycles. The quantitative estimate of drug-likeness (QED) is 0.876. The fourth-order valence-corrected chi connectivity index (χ4v) is 3.37. The zero-order valence-electron chi connectivity index (χ0n) is 11.1. The van der Waals surface area contributed by atoms with Crippen LogP contribution in [0.4, 0.5) is 0 Å². The molecule has 1 aliphatic rings. The van der Waals surface area contributed by atoms with Crippen LogP contribution in [0.15, 0.2) is 12.1 Å². The molecule has 1 aromatic heterocycles. The van der Waals surface area contributed by atoms with Crippen molar-refractivity contribution in [1.29, 1.82) is 0 Å². The summed E-state index contributed by atoms with van der Waals surface area (Å²) in [6.45, 7) is 4.27. The number of hydrogen-bond donors (Lipinski definition) is 2. The molecule has 0 aliphatic carbocycles. The van der Waals surface area contributed by atoms with Crippen molar-refractivity contribution in [3.05, 3.63) is 21.9 Å². The lowest BCUT2D eigenvalue weighted by molar-refractivity contribution is -0.129. The Morgan fingerprint density at radius 1 is 1.53 bits per heavy atom. The van der Waals surface area contributed by atoms with Crippen LogP contribution in [0.3, 0.4) is 0 Å². The summed E-state index contributed by atoms with van der Waals surface area (Å²) in [5.41, 5.74) is -0.332. The first-order valence-electron chi connectivity index (χ1n) is 6.21. The van der Waals surface area contributed by atoms with Gasteiger partial charge >= 0.3 is 5.97 Å². The van der Waals surface area contributed by atoms with Crippen molar-refractivity contribution in [2.75, 3.05) is 20.1 Å². The Bertz CT molecular complexity index is 500. The lowest BCUT2D eigenvalue weighted by atomic mass is 9.89. The molecule has 0 bridgehead atoms. The Kier molecular flexibility index (Phi) is 3.91. The average molecular weight is 282 g/mol. The van der Waals surface area contributed by atoms with Crippen LogP contribution >= 0.6 is 11.3 Å². The van der Waals surface area contributed by atoms with E-state index >= 15 is 0 Å². The second-order valence-corrected chi connectivity index (χ2v) is 6.34. The van der Waals surface area contributed by atoms with E-state index in [0.717, 1.165) is 17.8 Å². The van der Waals surface area contributed by atoms with Gasteiger partial charge in [0.1, 0.15) is 4.88 Å². The summed E-state index contributed by atoms with van der Waals surface area (Å²) in [5, 5.41) is 11.6. The van der Waals surface area contributed by atoms with Crippen molar-refractivity contribution in [3.8, 4) is 0 Å². The smallest absolute Gasteiger partial charge is 0.345 e. The van der Waals surface area contributed by atoms with Crippen molar-refractivity contribution in [2.45, 2.75) is 19.9 Å². The molecule has 5 nitrogen and oxygen atoms in total. The minimum atomic E-state index is -0.882. The highest BCUT2D eigenvalue weighted by Crippen LogP contribution is 2.31. The number of nitrogens with zero attached hydrogens (tertiary/aromatic N) is 1. The first kappa shape index (κ1) is 14.0. The molecular weight excluding hydrogens is 264 g/mol. The highest BCUT2D eigenvalue weighted by atomic mass is 32.1. The molecule has 0 radical (unpaired) electrons. The van der Waals surface area contributed by atoms with Gasteiger partial charge < -0.3 is 10.4 Å². The van der Waals surface area contributed by atoms with Gasteiger partial charge in [0, 0.05) is 25.0 Å². The fraction of sp³-hybridized carbons (Fsp3) is 0.538. The maximum absolute atomic E-state index is 11.8. The van der Waals surface area contributed by atoms with E-state index in [9.17, 15) is 9.59 Å². The standard InChI is InChI=1S/C13H18N2O3S/c1-13(12(18)14-2)5-6-15(8-13)7-9-3-4-10(19-9)11(16)17/h3-4H,5-8H2,1-2H3,(H,14,18)(H,16,17). The highest BCUT2D eigenvalue weighted by Gasteiger charge is 2.39. The van der Waals surface area contributed by atoms with Gasteiger partial charge in [-0.1, -0.05) is 0 Å². The van der Waals surface area contributed by atoms with E-state index in [1.165, 1.54) is 11.3 Å². The van der Waals surface area contributed by atoms with Gasteiger partial charge in [0.2, 0.25) is 5.91 Å². The van der Waals surface area contributed by atoms with Crippen LogP contribution in [0.2, 0.25) is 0 Å². The second kappa shape index (κ2) is 5.30. The molecule has 6 heteroatoms. The van der Waals surface area contributed by atoms with Crippen molar-refractivity contribution in [1.82, 2.24) is 10.2 Å². The van der Waals surface area contributed by atoms with E-state index in [1.807, 2.05) is 13.0 Å². The number of likely N-dealkylation sites (tertiary alicyclic amines) is 1. The van der Waals surface area contributed by atoms with Gasteiger partial charge in [-0.2, -0.15) is 0 Å². The Hall–Kier alpha value is -1.40. The molecule has 2 rings (SSSR count). The predicted octanol–water partition coefficient (Wildman–Crippen LogP) is 1.40. The number of carbonyl (C=O) groups excluding carboxylic acids is 1. The van der Waals surface area contributed by atoms with Crippen LogP contribution < -0.4 is 5.32 Å². The van der Waals surface area contributed by atoms with E-state index in [2.05, 4.69) is 10.2 Å². The SMILES string of the molecule is CNC(=O)C1(C)CCN(Cc2ccc(C(=O)O)s2)C1. The van der Waals surface area contributed by atoms with Crippen LogP contribution in [-0.4, -0.2) is 42.0 Å². The summed E-state index contributed by atoms with van der Waals surface area (Å²) in [6, 6.07) is 3.49. The molecule has 1 aliphatic heterocycles. The molecule has 0 saturated carbocycles. The van der Waals surface area contributed by atoms with Crippen LogP contribution in [0.1, 0.15) is 27.9 Å². The summed E-state index contributed by atoms with van der Waals surface area (Å²) < 4.78 is 0. The third kappa shape index (κ3) is 2.96. The Labute approximate surface area is 116 Å². The van der Waals surface area contributed by atoms with Gasteiger partial charge in [-0.05, 0) is 32.0 Å². The van der Waals surface area contributed by atoms with Gasteiger partial charge in [-0.3, -0.25) is 9.69 Å². The molecule has 1 aromatic rings. The molecule has 104 valence electrons. The van der Waals surface area contributed by atoms with E-state index in [4.69, 9.17) is 5.11 Å². The number of thiophene rings is 1. The molecule has 1 fully saturated rings. The molecule has 1 amide bonds. The van der Waals surface area contributed by atoms with Crippen molar-refractivity contribution < 1.29 is 14.7 Å². The van der Waals surface area contributed by atoms with Gasteiger partial charge in [-0.15, -0.1) is 11.3 Å². The number of rotatable bonds is 4. The van der Waals surface area contributed by atoms with Gasteiger partial charge in [0.25, 0.3) is 0 Å². The summed E-state index contributed by atoms with van der Waals surface area (Å²) in [4.78, 5) is 26.2. The summed E-state index contributed by atoms with van der Waals surface area (Å²) in [5.74, 6) is -0.805. The number of carbonyl (C=O) groups is 2. The predicted molar refractivity (Wildman–Crippen MR) is 73.3 cm³/mol. The van der Waals surface area contributed by atoms with Crippen LogP contribution in [0, 0.1) is 5.41 Å². The molecule has 2 heterocycles. The molecule has 0 aromatic carbocycles. The lowest BCUT2D eigenvalue weighted by Gasteiger charge is -2.22. The molecule has 1 atom stereocenters. The molecule has 2 N–H and O–H groups in total. The van der Waals surface area contributed by atoms with E-state index in [-0.39, 0.29) is 11.3 Å². The Morgan fingerprint density at radius 3 is 2.84 bits per heavy atom. The average Bonchev–Trinajstić information content (AvgIpc) is 2.97. The summed E-state index contributed by atoms with van der Waals surface area (Å²) in [6.07, 6.45) is 0.837. The zero-order valence-corrected chi connectivity index (χ0v) is 11.9. The molecule has 0 spiro atoms. The fourth-order valence-electron chi connectivity index (χ4n) is 2.48. The first-order valence-corrected chi connectivity index (χ1v) is 7.03. The van der Waals surface area contributed by atoms with Gasteiger partial charge in [0.05, 0.1) is 5.41 Å². The molecule has 19 heavy (non-hydrogen) atoms. The van der Waals surface area contributed by atoms with Crippen LogP contribution in [-0.2, 0) is 11.3 Å². The Morgan fingerprint density at radius 2 is 2.26 bits per heavy atom. The monoisotopic (exact) mass is 282 g/mol. The topological polar surface area (TPSA) is 69.6 Å². The van der Waals surface area contributed by atoms with Crippen molar-refractivity contribution >= 4 is 23.2 Å². The Balaban J connectivity index is 1.98. The van der Waals surface area contributed by atoms with Gasteiger partial charge in [-0.25, -0.2) is 4.79 Å². The molecular formula is C13H18N2O3S. The van der Waals surface area contributed by atoms with E-state index < -0.39 is 5.97 Å². The maximum Gasteiger partial charge on any atom is 0.345 e. The number of aromatic carboxylic acids is 1. The maximum atomic E-state index is 11.8. The number of carboxylic acids is 1. The minimum Gasteiger partial charge on any atom is -0.477 e. The first-order chi connectivity index (χ1) is 8.94. The normalized spacial score (nSPS) is 23.5. The number of carboxylic acid groups (broad SMARTS) is 1. The van der Waals surface area contributed by atoms with Gasteiger partial charge in [0.15, 0.2) is 0 Å². The second-order valence-electron chi connectivity index (χ2n) is 5.17. The van der Waals surface area contributed by atoms with Crippen molar-refractivity contribution in [2.24, 2.45) is 5.41 Å². The molecule has 1 unspecified atom stereocenters. The lowest BCUT2D eigenvalue weighted by Crippen LogP contribution is -2.39. The summed E-state index contributed by atoms with van der Waals surface area (Å²) >= 11 is 1.30. The third-order valence-electron chi connectivity index (χ3n) is 3.58. The van der Waals surface area contributed by atoms with E-state index in [1.54, 1.807) is 13.1 Å². The van der Waals surface area contributed by atoms with Crippen molar-refractivity contribution in [3.63, 3.8) is 0 Å². The highest BCUT2D eigenvalue weighted by molar-refractivity contribution is 7.13. The van der Waals surface area contributed by atoms with Crippen LogP contribution in [0.25, 0.3) is 0 Å². The van der Waals surface area contributed by atoms with E-state index in [0.29, 0.717) is 18.0 Å².